The topological polar surface area (TPSA) is 63.9 Å². The predicted octanol–water partition coefficient (Wildman–Crippen LogP) is -0.101. The molecule has 2 heterocycles. The van der Waals surface area contributed by atoms with Gasteiger partial charge in [-0.1, -0.05) is 0 Å². The maximum Gasteiger partial charge on any atom is 0.0890 e. The zero-order chi connectivity index (χ0) is 6.97. The Balaban J connectivity index is 2.44. The molecule has 1 aliphatic rings. The molecule has 1 aromatic heterocycles. The summed E-state index contributed by atoms with van der Waals surface area (Å²) in [6.45, 7) is 1.82. The van der Waals surface area contributed by atoms with Crippen molar-refractivity contribution in [1.82, 2.24) is 10.2 Å². The lowest BCUT2D eigenvalue weighted by Gasteiger charge is -1.90. The number of ether oxygens (including phenoxy) is 1. The molecule has 0 unspecified atom stereocenters. The second-order valence-corrected chi connectivity index (χ2v) is 2.32. The van der Waals surface area contributed by atoms with E-state index in [2.05, 4.69) is 10.2 Å². The maximum atomic E-state index is 5.43. The minimum Gasteiger partial charge on any atom is -0.370 e. The van der Waals surface area contributed by atoms with Gasteiger partial charge < -0.3 is 10.5 Å². The highest BCUT2D eigenvalue weighted by molar-refractivity contribution is 5.26. The molecule has 4 heteroatoms. The first-order valence-electron chi connectivity index (χ1n) is 3.24. The number of H-pyrrole nitrogens is 1. The van der Waals surface area contributed by atoms with Gasteiger partial charge in [-0.15, -0.1) is 0 Å². The maximum absolute atomic E-state index is 5.43. The summed E-state index contributed by atoms with van der Waals surface area (Å²) < 4.78 is 5.17. The van der Waals surface area contributed by atoms with Gasteiger partial charge in [0.25, 0.3) is 0 Å². The van der Waals surface area contributed by atoms with E-state index in [-0.39, 0.29) is 0 Å². The summed E-state index contributed by atoms with van der Waals surface area (Å²) in [4.78, 5) is 0. The first kappa shape index (κ1) is 5.88. The van der Waals surface area contributed by atoms with Crippen LogP contribution in [-0.4, -0.2) is 10.2 Å². The smallest absolute Gasteiger partial charge is 0.0890 e. The summed E-state index contributed by atoms with van der Waals surface area (Å²) in [6.07, 6.45) is 0. The Labute approximate surface area is 58.4 Å². The van der Waals surface area contributed by atoms with Crippen molar-refractivity contribution in [2.45, 2.75) is 19.8 Å². The van der Waals surface area contributed by atoms with Gasteiger partial charge in [0, 0.05) is 12.1 Å². The summed E-state index contributed by atoms with van der Waals surface area (Å²) in [5.74, 6) is 0. The van der Waals surface area contributed by atoms with Crippen LogP contribution in [0.3, 0.4) is 0 Å². The molecule has 0 fully saturated rings. The molecule has 0 aliphatic carbocycles. The Hall–Kier alpha value is -0.870. The van der Waals surface area contributed by atoms with Gasteiger partial charge in [0.05, 0.1) is 24.6 Å². The van der Waals surface area contributed by atoms with E-state index in [1.54, 1.807) is 0 Å². The number of aromatic nitrogens is 2. The first-order chi connectivity index (χ1) is 4.92. The van der Waals surface area contributed by atoms with Crippen molar-refractivity contribution in [1.29, 1.82) is 0 Å². The molecule has 0 atom stereocenters. The highest BCUT2D eigenvalue weighted by Gasteiger charge is 2.17. The second-order valence-electron chi connectivity index (χ2n) is 2.32. The third-order valence-electron chi connectivity index (χ3n) is 1.72. The molecule has 54 valence electrons. The van der Waals surface area contributed by atoms with Crippen LogP contribution in [0.2, 0.25) is 0 Å². The molecule has 1 aromatic rings. The van der Waals surface area contributed by atoms with Crippen LogP contribution in [0.1, 0.15) is 17.0 Å². The molecule has 0 radical (unpaired) electrons. The second kappa shape index (κ2) is 2.07. The largest absolute Gasteiger partial charge is 0.370 e. The fourth-order valence-corrected chi connectivity index (χ4v) is 1.16. The Morgan fingerprint density at radius 2 is 2.50 bits per heavy atom. The van der Waals surface area contributed by atoms with Crippen LogP contribution in [0.25, 0.3) is 0 Å². The number of aromatic amines is 1. The van der Waals surface area contributed by atoms with Gasteiger partial charge in [-0.25, -0.2) is 0 Å². The van der Waals surface area contributed by atoms with Crippen LogP contribution in [0.4, 0.5) is 0 Å². The molecule has 10 heavy (non-hydrogen) atoms. The molecule has 3 N–H and O–H groups in total. The monoisotopic (exact) mass is 139 g/mol. The molecule has 1 aliphatic heterocycles. The summed E-state index contributed by atoms with van der Waals surface area (Å²) in [5, 5.41) is 6.91. The van der Waals surface area contributed by atoms with E-state index in [4.69, 9.17) is 10.5 Å². The van der Waals surface area contributed by atoms with Crippen LogP contribution in [0.5, 0.6) is 0 Å². The van der Waals surface area contributed by atoms with Crippen molar-refractivity contribution in [2.24, 2.45) is 5.73 Å². The quantitative estimate of drug-likeness (QED) is 0.571. The molecular weight excluding hydrogens is 130 g/mol. The molecule has 2 rings (SSSR count). The first-order valence-corrected chi connectivity index (χ1v) is 3.24. The van der Waals surface area contributed by atoms with E-state index in [1.165, 1.54) is 0 Å². The van der Waals surface area contributed by atoms with Crippen LogP contribution >= 0.6 is 0 Å². The fraction of sp³-hybridized carbons (Fsp3) is 0.500. The zero-order valence-electron chi connectivity index (χ0n) is 5.55. The summed E-state index contributed by atoms with van der Waals surface area (Å²) in [5.41, 5.74) is 8.61. The van der Waals surface area contributed by atoms with Crippen LogP contribution < -0.4 is 5.73 Å². The average Bonchev–Trinajstić information content (AvgIpc) is 2.44. The van der Waals surface area contributed by atoms with Crippen molar-refractivity contribution in [3.8, 4) is 0 Å². The third kappa shape index (κ3) is 0.661. The Morgan fingerprint density at radius 3 is 3.30 bits per heavy atom. The standard InChI is InChI=1S/C6H9N3O/c7-1-5-4-2-10-3-6(4)9-8-5/h1-3,7H2,(H,8,9). The van der Waals surface area contributed by atoms with Gasteiger partial charge in [0.1, 0.15) is 0 Å². The molecular formula is C6H9N3O. The number of nitrogens with zero attached hydrogens (tertiary/aromatic N) is 1. The van der Waals surface area contributed by atoms with Crippen molar-refractivity contribution in [2.75, 3.05) is 0 Å². The minimum atomic E-state index is 0.495. The lowest BCUT2D eigenvalue weighted by molar-refractivity contribution is 0.131. The van der Waals surface area contributed by atoms with Crippen molar-refractivity contribution in [3.63, 3.8) is 0 Å². The lowest BCUT2D eigenvalue weighted by atomic mass is 10.2. The lowest BCUT2D eigenvalue weighted by Crippen LogP contribution is -1.99. The number of nitrogens with one attached hydrogen (secondary N) is 1. The van der Waals surface area contributed by atoms with Crippen LogP contribution in [-0.2, 0) is 24.5 Å². The third-order valence-corrected chi connectivity index (χ3v) is 1.72. The molecule has 0 saturated carbocycles. The van der Waals surface area contributed by atoms with Gasteiger partial charge in [0.2, 0.25) is 0 Å². The van der Waals surface area contributed by atoms with Gasteiger partial charge in [-0.3, -0.25) is 5.10 Å². The van der Waals surface area contributed by atoms with Crippen molar-refractivity contribution >= 4 is 0 Å². The number of nitrogens with two attached hydrogens (primary N) is 1. The molecule has 0 aromatic carbocycles. The summed E-state index contributed by atoms with van der Waals surface area (Å²) >= 11 is 0. The predicted molar refractivity (Wildman–Crippen MR) is 35.0 cm³/mol. The number of hydrogen-bond acceptors (Lipinski definition) is 3. The number of hydrogen-bond donors (Lipinski definition) is 2. The average molecular weight is 139 g/mol. The van der Waals surface area contributed by atoms with Crippen LogP contribution in [0, 0.1) is 0 Å². The highest BCUT2D eigenvalue weighted by atomic mass is 16.5. The molecule has 0 spiro atoms. The van der Waals surface area contributed by atoms with E-state index in [1.807, 2.05) is 0 Å². The van der Waals surface area contributed by atoms with E-state index < -0.39 is 0 Å². The van der Waals surface area contributed by atoms with Gasteiger partial charge in [0.15, 0.2) is 0 Å². The molecule has 0 saturated heterocycles. The van der Waals surface area contributed by atoms with E-state index >= 15 is 0 Å². The normalized spacial score (nSPS) is 15.7. The van der Waals surface area contributed by atoms with Crippen molar-refractivity contribution < 1.29 is 4.74 Å². The zero-order valence-corrected chi connectivity index (χ0v) is 5.55. The van der Waals surface area contributed by atoms with E-state index in [9.17, 15) is 0 Å². The number of rotatable bonds is 1. The van der Waals surface area contributed by atoms with Gasteiger partial charge in [-0.2, -0.15) is 5.10 Å². The fourth-order valence-electron chi connectivity index (χ4n) is 1.16. The van der Waals surface area contributed by atoms with E-state index in [0.29, 0.717) is 19.8 Å². The summed E-state index contributed by atoms with van der Waals surface area (Å²) in [6, 6.07) is 0. The van der Waals surface area contributed by atoms with Gasteiger partial charge >= 0.3 is 0 Å². The van der Waals surface area contributed by atoms with Crippen LogP contribution in [0.15, 0.2) is 0 Å². The number of fused-ring (bicyclic) bond motifs is 1. The Kier molecular flexibility index (Phi) is 1.22. The van der Waals surface area contributed by atoms with Crippen molar-refractivity contribution in [3.05, 3.63) is 17.0 Å². The Morgan fingerprint density at radius 1 is 1.60 bits per heavy atom. The van der Waals surface area contributed by atoms with Gasteiger partial charge in [-0.05, 0) is 0 Å². The van der Waals surface area contributed by atoms with E-state index in [0.717, 1.165) is 17.0 Å². The molecule has 0 amide bonds. The molecule has 4 nitrogen and oxygen atoms in total. The highest BCUT2D eigenvalue weighted by Crippen LogP contribution is 2.19. The Bertz CT molecular complexity index is 243. The SMILES string of the molecule is NCc1n[nH]c2c1COC2. The molecule has 0 bridgehead atoms. The minimum absolute atomic E-state index is 0.495. The summed E-state index contributed by atoms with van der Waals surface area (Å²) in [7, 11) is 0.